The van der Waals surface area contributed by atoms with Gasteiger partial charge in [0.1, 0.15) is 5.75 Å². The number of nitrogens with zero attached hydrogens (tertiary/aromatic N) is 3. The zero-order valence-corrected chi connectivity index (χ0v) is 17.9. The number of hydrogen-bond donors (Lipinski definition) is 2. The molecule has 29 heavy (non-hydrogen) atoms. The summed E-state index contributed by atoms with van der Waals surface area (Å²) in [6.45, 7) is 5.82. The Labute approximate surface area is 178 Å². The second kappa shape index (κ2) is 9.19. The van der Waals surface area contributed by atoms with Gasteiger partial charge in [0.25, 0.3) is 0 Å². The highest BCUT2D eigenvalue weighted by Gasteiger charge is 2.15. The van der Waals surface area contributed by atoms with Gasteiger partial charge in [-0.05, 0) is 50.6 Å². The quantitative estimate of drug-likeness (QED) is 0.431. The summed E-state index contributed by atoms with van der Waals surface area (Å²) in [7, 11) is 0. The van der Waals surface area contributed by atoms with E-state index in [4.69, 9.17) is 22.2 Å². The van der Waals surface area contributed by atoms with Gasteiger partial charge in [-0.1, -0.05) is 41.6 Å². The Morgan fingerprint density at radius 2 is 2.07 bits per heavy atom. The fourth-order valence-corrected chi connectivity index (χ4v) is 3.43. The molecule has 0 radical (unpaired) electrons. The molecule has 0 spiro atoms. The van der Waals surface area contributed by atoms with Crippen LogP contribution >= 0.6 is 23.4 Å². The van der Waals surface area contributed by atoms with E-state index in [1.54, 1.807) is 12.1 Å². The second-order valence-corrected chi connectivity index (χ2v) is 8.05. The number of rotatable bonds is 7. The van der Waals surface area contributed by atoms with Crippen LogP contribution in [0.3, 0.4) is 0 Å². The summed E-state index contributed by atoms with van der Waals surface area (Å²) in [5, 5.41) is 12.1. The lowest BCUT2D eigenvalue weighted by Gasteiger charge is -2.11. The molecule has 7 nitrogen and oxygen atoms in total. The fraction of sp³-hybridized carbons (Fsp3) is 0.250. The molecule has 2 aromatic carbocycles. The average molecular weight is 432 g/mol. The number of halogens is 1. The molecule has 0 aliphatic carbocycles. The minimum atomic E-state index is -0.183. The molecule has 0 aliphatic rings. The molecule has 9 heteroatoms. The summed E-state index contributed by atoms with van der Waals surface area (Å²) >= 11 is 7.19. The molecule has 1 aromatic heterocycles. The number of ether oxygens (including phenoxy) is 1. The smallest absolute Gasteiger partial charge is 0.234 e. The van der Waals surface area contributed by atoms with Crippen molar-refractivity contribution in [3.8, 4) is 17.1 Å². The van der Waals surface area contributed by atoms with Gasteiger partial charge in [-0.15, -0.1) is 10.2 Å². The van der Waals surface area contributed by atoms with E-state index < -0.39 is 0 Å². The largest absolute Gasteiger partial charge is 0.491 e. The summed E-state index contributed by atoms with van der Waals surface area (Å²) in [6.07, 6.45) is 0.0637. The third-order valence-corrected chi connectivity index (χ3v) is 5.11. The molecule has 3 rings (SSSR count). The number of thioether (sulfide) groups is 1. The number of aromatic nitrogens is 3. The Kier molecular flexibility index (Phi) is 6.66. The van der Waals surface area contributed by atoms with Crippen molar-refractivity contribution in [2.75, 3.05) is 16.9 Å². The van der Waals surface area contributed by atoms with Gasteiger partial charge in [0.15, 0.2) is 5.82 Å². The zero-order valence-electron chi connectivity index (χ0n) is 16.3. The van der Waals surface area contributed by atoms with Crippen molar-refractivity contribution in [1.82, 2.24) is 14.9 Å². The fourth-order valence-electron chi connectivity index (χ4n) is 2.60. The van der Waals surface area contributed by atoms with Crippen molar-refractivity contribution in [2.24, 2.45) is 0 Å². The van der Waals surface area contributed by atoms with Crippen LogP contribution in [0.15, 0.2) is 47.6 Å². The molecule has 3 aromatic rings. The zero-order chi connectivity index (χ0) is 21.0. The first kappa shape index (κ1) is 21.0. The Morgan fingerprint density at radius 3 is 2.83 bits per heavy atom. The van der Waals surface area contributed by atoms with E-state index in [0.717, 1.165) is 16.9 Å². The van der Waals surface area contributed by atoms with Crippen LogP contribution < -0.4 is 15.9 Å². The van der Waals surface area contributed by atoms with E-state index in [-0.39, 0.29) is 17.8 Å². The summed E-state index contributed by atoms with van der Waals surface area (Å²) in [6, 6.07) is 12.8. The van der Waals surface area contributed by atoms with Crippen LogP contribution in [0.2, 0.25) is 5.02 Å². The van der Waals surface area contributed by atoms with Crippen LogP contribution in [0.25, 0.3) is 11.4 Å². The highest BCUT2D eigenvalue weighted by molar-refractivity contribution is 7.99. The van der Waals surface area contributed by atoms with Crippen molar-refractivity contribution in [3.63, 3.8) is 0 Å². The number of nitrogens with two attached hydrogens (primary N) is 1. The number of benzene rings is 2. The number of anilines is 1. The number of amides is 1. The first-order valence-corrected chi connectivity index (χ1v) is 10.4. The van der Waals surface area contributed by atoms with Crippen molar-refractivity contribution in [2.45, 2.75) is 32.0 Å². The van der Waals surface area contributed by atoms with Crippen LogP contribution in [0.1, 0.15) is 19.4 Å². The van der Waals surface area contributed by atoms with Crippen LogP contribution in [-0.2, 0) is 4.79 Å². The molecular formula is C20H22ClN5O2S. The lowest BCUT2D eigenvalue weighted by atomic mass is 10.2. The number of hydrogen-bond acceptors (Lipinski definition) is 6. The normalized spacial score (nSPS) is 10.9. The van der Waals surface area contributed by atoms with Crippen molar-refractivity contribution < 1.29 is 9.53 Å². The van der Waals surface area contributed by atoms with Crippen molar-refractivity contribution in [3.05, 3.63) is 53.1 Å². The van der Waals surface area contributed by atoms with Crippen molar-refractivity contribution in [1.29, 1.82) is 0 Å². The van der Waals surface area contributed by atoms with Crippen LogP contribution in [-0.4, -0.2) is 32.6 Å². The average Bonchev–Trinajstić information content (AvgIpc) is 3.03. The van der Waals surface area contributed by atoms with Crippen molar-refractivity contribution >= 4 is 35.0 Å². The predicted octanol–water partition coefficient (Wildman–Crippen LogP) is 4.14. The van der Waals surface area contributed by atoms with E-state index in [9.17, 15) is 4.79 Å². The summed E-state index contributed by atoms with van der Waals surface area (Å²) in [5.74, 6) is 7.32. The van der Waals surface area contributed by atoms with Gasteiger partial charge in [0.05, 0.1) is 11.9 Å². The number of nitrogen functional groups attached to an aromatic ring is 1. The minimum Gasteiger partial charge on any atom is -0.491 e. The molecule has 0 aliphatic heterocycles. The third-order valence-electron chi connectivity index (χ3n) is 3.93. The Morgan fingerprint density at radius 1 is 1.28 bits per heavy atom. The van der Waals surface area contributed by atoms with E-state index in [2.05, 4.69) is 15.5 Å². The molecule has 152 valence electrons. The van der Waals surface area contributed by atoms with Gasteiger partial charge in [0.2, 0.25) is 11.1 Å². The molecule has 0 fully saturated rings. The number of nitrogens with one attached hydrogen (secondary N) is 1. The van der Waals surface area contributed by atoms with Crippen LogP contribution in [0.4, 0.5) is 5.69 Å². The molecule has 0 bridgehead atoms. The number of carbonyl (C=O) groups is 1. The van der Waals surface area contributed by atoms with E-state index in [0.29, 0.717) is 21.7 Å². The maximum atomic E-state index is 12.3. The molecule has 0 atom stereocenters. The maximum absolute atomic E-state index is 12.3. The Hall–Kier alpha value is -2.71. The molecule has 1 amide bonds. The lowest BCUT2D eigenvalue weighted by molar-refractivity contribution is -0.113. The second-order valence-electron chi connectivity index (χ2n) is 6.67. The highest BCUT2D eigenvalue weighted by atomic mass is 35.5. The molecule has 0 unspecified atom stereocenters. The third kappa shape index (κ3) is 5.42. The van der Waals surface area contributed by atoms with Gasteiger partial charge in [-0.25, -0.2) is 4.68 Å². The number of carbonyl (C=O) groups excluding carboxylic acids is 1. The van der Waals surface area contributed by atoms with Gasteiger partial charge < -0.3 is 15.9 Å². The molecule has 1 heterocycles. The standard InChI is InChI=1S/C20H22ClN5O2S/c1-12(2)28-16-6-4-5-14(9-16)19-24-25-20(26(19)22)29-11-18(27)23-17-10-15(21)8-7-13(17)3/h4-10,12H,11,22H2,1-3H3,(H,23,27). The maximum Gasteiger partial charge on any atom is 0.234 e. The van der Waals surface area contributed by atoms with E-state index in [1.165, 1.54) is 16.4 Å². The highest BCUT2D eigenvalue weighted by Crippen LogP contribution is 2.26. The number of aryl methyl sites for hydroxylation is 1. The van der Waals surface area contributed by atoms with E-state index in [1.807, 2.05) is 51.1 Å². The van der Waals surface area contributed by atoms with E-state index >= 15 is 0 Å². The van der Waals surface area contributed by atoms with Gasteiger partial charge in [-0.3, -0.25) is 4.79 Å². The molecular weight excluding hydrogens is 410 g/mol. The molecule has 0 saturated carbocycles. The molecule has 0 saturated heterocycles. The van der Waals surface area contributed by atoms with Crippen LogP contribution in [0, 0.1) is 6.92 Å². The predicted molar refractivity (Wildman–Crippen MR) is 117 cm³/mol. The summed E-state index contributed by atoms with van der Waals surface area (Å²) < 4.78 is 7.08. The SMILES string of the molecule is Cc1ccc(Cl)cc1NC(=O)CSc1nnc(-c2cccc(OC(C)C)c2)n1N. The van der Waals surface area contributed by atoms with Gasteiger partial charge in [0, 0.05) is 16.3 Å². The van der Waals surface area contributed by atoms with Crippen LogP contribution in [0.5, 0.6) is 5.75 Å². The lowest BCUT2D eigenvalue weighted by Crippen LogP contribution is -2.17. The van der Waals surface area contributed by atoms with Gasteiger partial charge >= 0.3 is 0 Å². The summed E-state index contributed by atoms with van der Waals surface area (Å²) in [5.41, 5.74) is 2.39. The van der Waals surface area contributed by atoms with Gasteiger partial charge in [-0.2, -0.15) is 0 Å². The summed E-state index contributed by atoms with van der Waals surface area (Å²) in [4.78, 5) is 12.3. The topological polar surface area (TPSA) is 95.1 Å². The first-order chi connectivity index (χ1) is 13.8. The monoisotopic (exact) mass is 431 g/mol. The minimum absolute atomic E-state index is 0.0637. The first-order valence-electron chi connectivity index (χ1n) is 9.00. The Bertz CT molecular complexity index is 1020. The molecule has 3 N–H and O–H groups in total. The Balaban J connectivity index is 1.67.